The minimum atomic E-state index is -1.48. The van der Waals surface area contributed by atoms with Gasteiger partial charge in [0, 0.05) is 18.8 Å². The molecule has 25 nitrogen and oxygen atoms in total. The first-order chi connectivity index (χ1) is 28.2. The molecule has 2 aromatic heterocycles. The van der Waals surface area contributed by atoms with Gasteiger partial charge in [-0.1, -0.05) is 0 Å². The Kier molecular flexibility index (Phi) is 19.2. The number of nitrogens with two attached hydrogens (primary N) is 1. The molecule has 2 fully saturated rings. The van der Waals surface area contributed by atoms with Gasteiger partial charge in [0.15, 0.2) is 12.5 Å². The molecule has 26 heteroatoms. The summed E-state index contributed by atoms with van der Waals surface area (Å²) in [6.07, 6.45) is -9.35. The maximum Gasteiger partial charge on any atom is 0.351 e. The van der Waals surface area contributed by atoms with E-state index in [0.29, 0.717) is 0 Å². The van der Waals surface area contributed by atoms with Crippen molar-refractivity contribution >= 4 is 53.8 Å². The maximum atomic E-state index is 12.6. The van der Waals surface area contributed by atoms with E-state index >= 15 is 0 Å². The Hall–Kier alpha value is -4.96. The highest BCUT2D eigenvalue weighted by Gasteiger charge is 2.45. The summed E-state index contributed by atoms with van der Waals surface area (Å²) in [4.78, 5) is 91.6. The Labute approximate surface area is 359 Å². The van der Waals surface area contributed by atoms with Gasteiger partial charge in [0.25, 0.3) is 0 Å². The van der Waals surface area contributed by atoms with Crippen LogP contribution in [0.25, 0.3) is 0 Å². The van der Waals surface area contributed by atoms with Crippen molar-refractivity contribution in [2.75, 3.05) is 23.8 Å². The van der Waals surface area contributed by atoms with Crippen LogP contribution in [0.15, 0.2) is 34.1 Å². The predicted octanol–water partition coefficient (Wildman–Crippen LogP) is -3.11. The number of aliphatic hydroxyl groups excluding tert-OH is 6. The van der Waals surface area contributed by atoms with E-state index in [2.05, 4.69) is 20.6 Å². The van der Waals surface area contributed by atoms with Crippen LogP contribution in [-0.2, 0) is 42.9 Å². The Morgan fingerprint density at radius 1 is 0.726 bits per heavy atom. The molecule has 10 atom stereocenters. The maximum absolute atomic E-state index is 12.6. The first-order valence-corrected chi connectivity index (χ1v) is 18.7. The summed E-state index contributed by atoms with van der Waals surface area (Å²) >= 11 is 0. The van der Waals surface area contributed by atoms with Crippen molar-refractivity contribution in [1.29, 1.82) is 0 Å². The molecule has 0 aromatic carbocycles. The number of hydrogen-bond donors (Lipinski definition) is 10. The second kappa shape index (κ2) is 22.4. The van der Waals surface area contributed by atoms with Crippen LogP contribution in [0.5, 0.6) is 0 Å². The Bertz CT molecular complexity index is 2000. The van der Waals surface area contributed by atoms with E-state index < -0.39 is 139 Å². The van der Waals surface area contributed by atoms with E-state index in [9.17, 15) is 59.1 Å². The smallest absolute Gasteiger partial charge is 0.351 e. The summed E-state index contributed by atoms with van der Waals surface area (Å²) in [7, 11) is 0. The Morgan fingerprint density at radius 2 is 1.13 bits per heavy atom. The summed E-state index contributed by atoms with van der Waals surface area (Å²) in [5.74, 6) is -5.65. The zero-order valence-electron chi connectivity index (χ0n) is 34.5. The lowest BCUT2D eigenvalue weighted by Gasteiger charge is -2.25. The molecule has 0 radical (unpaired) electrons. The minimum Gasteiger partial charge on any atom is -0.480 e. The number of nitrogens with zero attached hydrogens (tertiary/aromatic N) is 4. The quantitative estimate of drug-likeness (QED) is 0.0839. The predicted molar refractivity (Wildman–Crippen MR) is 212 cm³/mol. The van der Waals surface area contributed by atoms with Gasteiger partial charge < -0.3 is 71.1 Å². The van der Waals surface area contributed by atoms with Gasteiger partial charge in [-0.25, -0.2) is 9.59 Å². The zero-order valence-corrected chi connectivity index (χ0v) is 35.3. The van der Waals surface area contributed by atoms with Crippen molar-refractivity contribution < 1.29 is 78.7 Å². The number of carbonyl (C=O) groups excluding carboxylic acids is 4. The van der Waals surface area contributed by atoms with Crippen LogP contribution in [0.3, 0.4) is 0 Å². The Morgan fingerprint density at radius 3 is 1.47 bits per heavy atom. The van der Waals surface area contributed by atoms with Gasteiger partial charge >= 0.3 is 29.3 Å². The molecule has 0 saturated carbocycles. The number of ether oxygens (including phenoxy) is 4. The second-order valence-corrected chi connectivity index (χ2v) is 15.9. The number of halogens is 1. The molecule has 2 aromatic rings. The lowest BCUT2D eigenvalue weighted by Crippen LogP contribution is -2.36. The highest BCUT2D eigenvalue weighted by atomic mass is 35.5. The third-order valence-electron chi connectivity index (χ3n) is 8.51. The summed E-state index contributed by atoms with van der Waals surface area (Å²) in [6, 6.07) is 1.09. The van der Waals surface area contributed by atoms with Crippen molar-refractivity contribution in [3.05, 3.63) is 45.5 Å². The first-order valence-electron chi connectivity index (χ1n) is 18.7. The number of carboxylic acid groups (broad SMARTS) is 1. The van der Waals surface area contributed by atoms with E-state index in [-0.39, 0.29) is 30.5 Å². The van der Waals surface area contributed by atoms with Crippen molar-refractivity contribution in [2.45, 2.75) is 127 Å². The van der Waals surface area contributed by atoms with Crippen LogP contribution in [-0.4, -0.2) is 152 Å². The molecule has 4 rings (SSSR count). The van der Waals surface area contributed by atoms with Crippen molar-refractivity contribution in [3.8, 4) is 0 Å². The van der Waals surface area contributed by atoms with E-state index in [1.807, 2.05) is 0 Å². The highest BCUT2D eigenvalue weighted by Crippen LogP contribution is 2.29. The number of anilines is 2. The van der Waals surface area contributed by atoms with Crippen molar-refractivity contribution in [2.24, 2.45) is 11.7 Å². The number of aliphatic carboxylic acids is 1. The van der Waals surface area contributed by atoms with Gasteiger partial charge in [-0.3, -0.25) is 33.1 Å². The number of rotatable bonds is 14. The third-order valence-corrected chi connectivity index (χ3v) is 8.51. The number of aromatic nitrogens is 4. The molecule has 0 spiro atoms. The van der Waals surface area contributed by atoms with E-state index in [4.69, 9.17) is 34.9 Å². The van der Waals surface area contributed by atoms with Gasteiger partial charge in [0.2, 0.25) is 11.8 Å². The third kappa shape index (κ3) is 15.1. The minimum absolute atomic E-state index is 0. The van der Waals surface area contributed by atoms with Gasteiger partial charge in [0.1, 0.15) is 65.5 Å². The number of carboxylic acids is 1. The van der Waals surface area contributed by atoms with Crippen LogP contribution in [0, 0.1) is 5.92 Å². The van der Waals surface area contributed by atoms with Gasteiger partial charge in [-0.05, 0) is 53.7 Å². The number of nitrogens with one attached hydrogen (secondary N) is 2. The molecule has 11 N–H and O–H groups in total. The van der Waals surface area contributed by atoms with E-state index in [1.165, 1.54) is 24.5 Å². The zero-order chi connectivity index (χ0) is 46.1. The monoisotopic (exact) mass is 907 g/mol. The Balaban J connectivity index is 0.000000446. The lowest BCUT2D eigenvalue weighted by molar-refractivity contribution is -0.167. The number of aliphatic hydroxyl groups is 6. The molecule has 4 heterocycles. The molecule has 2 unspecified atom stereocenters. The lowest BCUT2D eigenvalue weighted by atomic mass is 10.00. The molecule has 62 heavy (non-hydrogen) atoms. The standard InChI is InChI=1S/C23H35N3O10.C13H18N4O8.ClH/c1-22(2,3)35-16(29)10-12(20(32)36-23(4,5)6)9-15(28)24-14-7-8-26(21(33)25-14)19-18(31)17(30)13(11-27)34-19;14-5(12(22)23)3-8(19)15-7-1-2-17(13(24)16-7)11-10(21)9(20)6(4-18)25-11;/h7-8,12-13,17-19,27,30-31H,9-11H2,1-6H3,(H,24,25,28,33);1-2,5-6,9-11,18,20-21H,3-4,14H2,(H,22,23)(H,15,16,19,24);1H/t12-,13-,17?,18-,19-;5-,6+,9?,10+,11+;/m10./s1. The van der Waals surface area contributed by atoms with Crippen LogP contribution < -0.4 is 27.7 Å². The highest BCUT2D eigenvalue weighted by molar-refractivity contribution is 5.94. The molecule has 2 amide bonds. The van der Waals surface area contributed by atoms with Crippen LogP contribution in [0.4, 0.5) is 11.6 Å². The molecule has 348 valence electrons. The number of hydrogen-bond acceptors (Lipinski definition) is 20. The first kappa shape index (κ1) is 53.2. The van der Waals surface area contributed by atoms with Crippen LogP contribution >= 0.6 is 12.4 Å². The SMILES string of the molecule is CC(C)(C)OC(=O)C[C@@H](CC(=O)Nc1ccn([C@@H]2O[C@H](CO)C(O)[C@H]2O)c(=O)n1)C(=O)OC(C)(C)C.Cl.N[C@@H](CC(=O)Nc1ccn([C@@H]2O[C@H](CO)C(O)[C@H]2O)c(=O)n1)C(=O)O. The fraction of sp³-hybridized carbons (Fsp3) is 0.639. The fourth-order valence-electron chi connectivity index (χ4n) is 5.68. The molecule has 2 saturated heterocycles. The van der Waals surface area contributed by atoms with Crippen molar-refractivity contribution in [1.82, 2.24) is 19.1 Å². The number of amides is 2. The summed E-state index contributed by atoms with van der Waals surface area (Å²) in [6.45, 7) is 8.88. The number of carbonyl (C=O) groups is 5. The average Bonchev–Trinajstić information content (AvgIpc) is 3.58. The normalized spacial score (nSPS) is 24.3. The molecule has 2 aliphatic heterocycles. The summed E-state index contributed by atoms with van der Waals surface area (Å²) in [5.41, 5.74) is 1.80. The van der Waals surface area contributed by atoms with Crippen LogP contribution in [0.2, 0.25) is 0 Å². The van der Waals surface area contributed by atoms with Gasteiger partial charge in [-0.15, -0.1) is 12.4 Å². The molecule has 2 aliphatic rings. The fourth-order valence-corrected chi connectivity index (χ4v) is 5.68. The topological polar surface area (TPSA) is 384 Å². The molecular formula is C36H54ClN7O18. The van der Waals surface area contributed by atoms with Crippen molar-refractivity contribution in [3.63, 3.8) is 0 Å². The summed E-state index contributed by atoms with van der Waals surface area (Å²) < 4.78 is 22.9. The second-order valence-electron chi connectivity index (χ2n) is 15.9. The largest absolute Gasteiger partial charge is 0.480 e. The molecule has 0 aliphatic carbocycles. The van der Waals surface area contributed by atoms with E-state index in [1.54, 1.807) is 41.5 Å². The average molecular weight is 908 g/mol. The summed E-state index contributed by atoms with van der Waals surface area (Å²) in [5, 5.41) is 71.1. The molecular weight excluding hydrogens is 854 g/mol. The van der Waals surface area contributed by atoms with Crippen LogP contribution in [0.1, 0.15) is 73.3 Å². The van der Waals surface area contributed by atoms with Gasteiger partial charge in [0.05, 0.1) is 32.0 Å². The molecule has 0 bridgehead atoms. The number of esters is 2. The van der Waals surface area contributed by atoms with Gasteiger partial charge in [-0.2, -0.15) is 9.97 Å². The van der Waals surface area contributed by atoms with E-state index in [0.717, 1.165) is 9.13 Å².